The molecule has 2 heterocycles. The van der Waals surface area contributed by atoms with E-state index < -0.39 is 5.56 Å². The molecule has 7 nitrogen and oxygen atoms in total. The molecule has 132 valence electrons. The Morgan fingerprint density at radius 1 is 1.38 bits per heavy atom. The van der Waals surface area contributed by atoms with Crippen LogP contribution in [-0.4, -0.2) is 33.7 Å². The summed E-state index contributed by atoms with van der Waals surface area (Å²) < 4.78 is 6.65. The zero-order valence-corrected chi connectivity index (χ0v) is 14.8. The highest BCUT2D eigenvalue weighted by Crippen LogP contribution is 2.21. The minimum Gasteiger partial charge on any atom is -0.497 e. The van der Waals surface area contributed by atoms with Crippen molar-refractivity contribution in [2.75, 3.05) is 7.11 Å². The number of allylic oxidation sites excluding steroid dienone is 2. The summed E-state index contributed by atoms with van der Waals surface area (Å²) in [4.78, 5) is 14.8. The second-order valence-electron chi connectivity index (χ2n) is 5.42. The average molecular weight is 368 g/mol. The van der Waals surface area contributed by atoms with Crippen molar-refractivity contribution in [3.63, 3.8) is 0 Å². The Hall–Kier alpha value is -3.26. The van der Waals surface area contributed by atoms with Gasteiger partial charge in [-0.3, -0.25) is 14.3 Å². The second-order valence-corrected chi connectivity index (χ2v) is 5.80. The molecule has 8 heteroatoms. The van der Waals surface area contributed by atoms with Gasteiger partial charge in [0.25, 0.3) is 5.56 Å². The molecule has 0 amide bonds. The molecule has 0 fully saturated rings. The summed E-state index contributed by atoms with van der Waals surface area (Å²) in [6.07, 6.45) is 4.63. The second kappa shape index (κ2) is 7.32. The molecule has 1 aromatic heterocycles. The van der Waals surface area contributed by atoms with Crippen LogP contribution in [0.1, 0.15) is 11.1 Å². The number of hydrogen-bond acceptors (Lipinski definition) is 6. The molecule has 1 aromatic carbocycles. The Morgan fingerprint density at radius 3 is 2.77 bits per heavy atom. The van der Waals surface area contributed by atoms with Crippen molar-refractivity contribution in [3.8, 4) is 11.6 Å². The van der Waals surface area contributed by atoms with Crippen molar-refractivity contribution >= 4 is 30.2 Å². The average Bonchev–Trinajstić information content (AvgIpc) is 3.10. The van der Waals surface area contributed by atoms with E-state index in [1.54, 1.807) is 13.2 Å². The number of rotatable bonds is 5. The maximum atomic E-state index is 12.3. The van der Waals surface area contributed by atoms with E-state index in [-0.39, 0.29) is 22.8 Å². The van der Waals surface area contributed by atoms with Crippen LogP contribution in [0, 0.1) is 4.77 Å². The normalized spacial score (nSPS) is 14.5. The summed E-state index contributed by atoms with van der Waals surface area (Å²) >= 11 is 5.08. The van der Waals surface area contributed by atoms with E-state index in [1.807, 2.05) is 24.3 Å². The van der Waals surface area contributed by atoms with Crippen LogP contribution in [0.3, 0.4) is 0 Å². The third kappa shape index (κ3) is 3.27. The van der Waals surface area contributed by atoms with Crippen LogP contribution in [0.5, 0.6) is 11.6 Å². The number of hydrogen-bond donors (Lipinski definition) is 2. The van der Waals surface area contributed by atoms with Crippen molar-refractivity contribution < 1.29 is 9.84 Å². The summed E-state index contributed by atoms with van der Waals surface area (Å²) in [7, 11) is 1.59. The first-order valence-corrected chi connectivity index (χ1v) is 8.10. The number of ether oxygens (including phenoxy) is 1. The van der Waals surface area contributed by atoms with Crippen LogP contribution in [0.15, 0.2) is 57.5 Å². The molecule has 2 N–H and O–H groups in total. The Bertz CT molecular complexity index is 1060. The lowest BCUT2D eigenvalue weighted by Gasteiger charge is -2.09. The Morgan fingerprint density at radius 2 is 2.12 bits per heavy atom. The van der Waals surface area contributed by atoms with Crippen molar-refractivity contribution in [1.82, 2.24) is 9.55 Å². The van der Waals surface area contributed by atoms with Crippen LogP contribution < -0.4 is 10.3 Å². The molecule has 26 heavy (non-hydrogen) atoms. The number of methoxy groups -OCH3 is 1. The molecule has 1 aliphatic rings. The van der Waals surface area contributed by atoms with E-state index in [1.165, 1.54) is 16.9 Å². The van der Waals surface area contributed by atoms with Gasteiger partial charge >= 0.3 is 0 Å². The monoisotopic (exact) mass is 368 g/mol. The lowest BCUT2D eigenvalue weighted by atomic mass is 10.0. The van der Waals surface area contributed by atoms with E-state index in [9.17, 15) is 9.90 Å². The highest BCUT2D eigenvalue weighted by molar-refractivity contribution is 7.71. The molecule has 0 atom stereocenters. The predicted molar refractivity (Wildman–Crippen MR) is 104 cm³/mol. The molecule has 0 radical (unpaired) electrons. The zero-order chi connectivity index (χ0) is 18.7. The van der Waals surface area contributed by atoms with E-state index in [4.69, 9.17) is 17.0 Å². The van der Waals surface area contributed by atoms with Crippen LogP contribution in [0.2, 0.25) is 0 Å². The van der Waals surface area contributed by atoms with Crippen LogP contribution in [0.25, 0.3) is 6.08 Å². The fourth-order valence-corrected chi connectivity index (χ4v) is 2.76. The summed E-state index contributed by atoms with van der Waals surface area (Å²) in [5.41, 5.74) is 1.58. The van der Waals surface area contributed by atoms with Gasteiger partial charge in [-0.15, -0.1) is 11.7 Å². The number of aromatic amines is 1. The van der Waals surface area contributed by atoms with Gasteiger partial charge in [0.2, 0.25) is 5.88 Å². The summed E-state index contributed by atoms with van der Waals surface area (Å²) in [6, 6.07) is 7.30. The predicted octanol–water partition coefficient (Wildman–Crippen LogP) is 2.68. The first-order valence-electron chi connectivity index (χ1n) is 7.69. The van der Waals surface area contributed by atoms with E-state index >= 15 is 0 Å². The molecule has 0 bridgehead atoms. The van der Waals surface area contributed by atoms with Crippen LogP contribution in [0.4, 0.5) is 0 Å². The third-order valence-electron chi connectivity index (χ3n) is 3.81. The van der Waals surface area contributed by atoms with Gasteiger partial charge in [0, 0.05) is 17.7 Å². The smallest absolute Gasteiger partial charge is 0.262 e. The fourth-order valence-electron chi connectivity index (χ4n) is 2.51. The highest BCUT2D eigenvalue weighted by Gasteiger charge is 2.17. The van der Waals surface area contributed by atoms with Crippen molar-refractivity contribution in [2.45, 2.75) is 6.54 Å². The maximum absolute atomic E-state index is 12.3. The molecule has 3 rings (SSSR count). The summed E-state index contributed by atoms with van der Waals surface area (Å²) in [5.74, 6) is 0.486. The maximum Gasteiger partial charge on any atom is 0.262 e. The molecule has 0 spiro atoms. The van der Waals surface area contributed by atoms with Gasteiger partial charge in [0.1, 0.15) is 17.0 Å². The van der Waals surface area contributed by atoms with Gasteiger partial charge in [0.15, 0.2) is 4.77 Å². The number of nitrogens with one attached hydrogen (secondary N) is 1. The lowest BCUT2D eigenvalue weighted by Crippen LogP contribution is -2.17. The van der Waals surface area contributed by atoms with Gasteiger partial charge < -0.3 is 9.84 Å². The van der Waals surface area contributed by atoms with Crippen LogP contribution in [-0.2, 0) is 6.54 Å². The SMILES string of the molecule is C=CCn1c(O)c(C=C2C=NN=C2c2ccc(OC)cc2)c(=O)[nH]c1=S. The minimum atomic E-state index is -0.491. The van der Waals surface area contributed by atoms with Gasteiger partial charge in [-0.05, 0) is 42.6 Å². The van der Waals surface area contributed by atoms with Crippen molar-refractivity contribution in [3.05, 3.63) is 68.7 Å². The van der Waals surface area contributed by atoms with E-state index in [0.717, 1.165) is 11.3 Å². The topological polar surface area (TPSA) is 92.0 Å². The van der Waals surface area contributed by atoms with Crippen LogP contribution >= 0.6 is 12.2 Å². The standard InChI is InChI=1S/C18H16N4O3S/c1-3-8-22-17(24)14(16(23)20-18(22)26)9-12-10-19-21-15(12)11-4-6-13(25-2)7-5-11/h3-7,9-10,24H,1,8H2,2H3,(H,20,23,26). The number of nitrogens with zero attached hydrogens (tertiary/aromatic N) is 3. The van der Waals surface area contributed by atoms with Crippen molar-refractivity contribution in [2.24, 2.45) is 10.2 Å². The van der Waals surface area contributed by atoms with Crippen molar-refractivity contribution in [1.29, 1.82) is 0 Å². The largest absolute Gasteiger partial charge is 0.497 e. The third-order valence-corrected chi connectivity index (χ3v) is 4.13. The quantitative estimate of drug-likeness (QED) is 0.627. The molecule has 0 saturated carbocycles. The Labute approximate surface area is 154 Å². The van der Waals surface area contributed by atoms with Gasteiger partial charge in [0.05, 0.1) is 13.3 Å². The molecule has 0 unspecified atom stereocenters. The van der Waals surface area contributed by atoms with E-state index in [2.05, 4.69) is 21.8 Å². The molecule has 2 aromatic rings. The molecular formula is C18H16N4O3S. The summed E-state index contributed by atoms with van der Waals surface area (Å²) in [6.45, 7) is 3.89. The number of benzene rings is 1. The molecule has 1 aliphatic heterocycles. The lowest BCUT2D eigenvalue weighted by molar-refractivity contribution is 0.412. The molecule has 0 aliphatic carbocycles. The first-order chi connectivity index (χ1) is 12.5. The van der Waals surface area contributed by atoms with Gasteiger partial charge in [-0.1, -0.05) is 6.08 Å². The number of H-pyrrole nitrogens is 1. The zero-order valence-electron chi connectivity index (χ0n) is 14.0. The Kier molecular flexibility index (Phi) is 4.94. The van der Waals surface area contributed by atoms with Gasteiger partial charge in [-0.25, -0.2) is 0 Å². The Balaban J connectivity index is 2.07. The fraction of sp³-hybridized carbons (Fsp3) is 0.111. The highest BCUT2D eigenvalue weighted by atomic mass is 32.1. The number of aromatic hydroxyl groups is 1. The molecule has 0 saturated heterocycles. The minimum absolute atomic E-state index is 0.0741. The van der Waals surface area contributed by atoms with Gasteiger partial charge in [-0.2, -0.15) is 5.10 Å². The number of aromatic nitrogens is 2. The molecular weight excluding hydrogens is 352 g/mol. The first kappa shape index (κ1) is 17.6. The van der Waals surface area contributed by atoms with E-state index in [0.29, 0.717) is 11.3 Å². The summed E-state index contributed by atoms with van der Waals surface area (Å²) in [5, 5.41) is 18.5.